The average Bonchev–Trinajstić information content (AvgIpc) is 3.06. The molecule has 0 saturated carbocycles. The third kappa shape index (κ3) is 3.72. The Morgan fingerprint density at radius 1 is 1.00 bits per heavy atom. The number of nitrogens with zero attached hydrogens (tertiary/aromatic N) is 3. The smallest absolute Gasteiger partial charge is 0.191 e. The zero-order valence-corrected chi connectivity index (χ0v) is 15.5. The lowest BCUT2D eigenvalue weighted by Gasteiger charge is -2.10. The minimum absolute atomic E-state index is 0.313. The molecule has 27 heavy (non-hydrogen) atoms. The summed E-state index contributed by atoms with van der Waals surface area (Å²) < 4.78 is 14.9. The highest BCUT2D eigenvalue weighted by molar-refractivity contribution is 7.99. The third-order valence-electron chi connectivity index (χ3n) is 4.47. The normalized spacial score (nSPS) is 12.4. The SMILES string of the molecule is Cn1c(SC[C@H](O)c2ccc(F)cc2)nnc1-c1ccc2ccccc2c1. The van der Waals surface area contributed by atoms with Gasteiger partial charge in [-0.2, -0.15) is 0 Å². The zero-order valence-electron chi connectivity index (χ0n) is 14.7. The van der Waals surface area contributed by atoms with Gasteiger partial charge in [-0.1, -0.05) is 60.3 Å². The third-order valence-corrected chi connectivity index (χ3v) is 5.56. The Hall–Kier alpha value is -2.70. The van der Waals surface area contributed by atoms with E-state index < -0.39 is 6.10 Å². The Morgan fingerprint density at radius 3 is 2.52 bits per heavy atom. The molecule has 0 aliphatic rings. The molecular formula is C21H18FN3OS. The molecule has 0 bridgehead atoms. The highest BCUT2D eigenvalue weighted by atomic mass is 32.2. The summed E-state index contributed by atoms with van der Waals surface area (Å²) in [4.78, 5) is 0. The summed E-state index contributed by atoms with van der Waals surface area (Å²) in [6, 6.07) is 20.3. The number of hydrogen-bond donors (Lipinski definition) is 1. The minimum Gasteiger partial charge on any atom is -0.388 e. The number of rotatable bonds is 5. The van der Waals surface area contributed by atoms with Gasteiger partial charge in [-0.15, -0.1) is 10.2 Å². The highest BCUT2D eigenvalue weighted by Crippen LogP contribution is 2.28. The molecule has 0 saturated heterocycles. The molecule has 4 nitrogen and oxygen atoms in total. The second-order valence-corrected chi connectivity index (χ2v) is 7.29. The van der Waals surface area contributed by atoms with Crippen LogP contribution in [0.5, 0.6) is 0 Å². The highest BCUT2D eigenvalue weighted by Gasteiger charge is 2.14. The number of aliphatic hydroxyl groups excluding tert-OH is 1. The molecule has 4 rings (SSSR count). The molecule has 4 aromatic rings. The van der Waals surface area contributed by atoms with Crippen molar-refractivity contribution < 1.29 is 9.50 Å². The largest absolute Gasteiger partial charge is 0.388 e. The zero-order chi connectivity index (χ0) is 18.8. The molecule has 6 heteroatoms. The van der Waals surface area contributed by atoms with Crippen LogP contribution in [0.3, 0.4) is 0 Å². The van der Waals surface area contributed by atoms with Crippen LogP contribution in [0.15, 0.2) is 71.9 Å². The van der Waals surface area contributed by atoms with Gasteiger partial charge < -0.3 is 9.67 Å². The van der Waals surface area contributed by atoms with Crippen LogP contribution in [0.1, 0.15) is 11.7 Å². The van der Waals surface area contributed by atoms with Crippen molar-refractivity contribution in [3.8, 4) is 11.4 Å². The van der Waals surface area contributed by atoms with Gasteiger partial charge in [-0.3, -0.25) is 0 Å². The molecule has 3 aromatic carbocycles. The van der Waals surface area contributed by atoms with Crippen LogP contribution in [-0.4, -0.2) is 25.6 Å². The first-order valence-corrected chi connectivity index (χ1v) is 9.55. The predicted molar refractivity (Wildman–Crippen MR) is 106 cm³/mol. The van der Waals surface area contributed by atoms with Crippen molar-refractivity contribution in [2.24, 2.45) is 7.05 Å². The van der Waals surface area contributed by atoms with E-state index in [0.717, 1.165) is 21.9 Å². The van der Waals surface area contributed by atoms with Crippen LogP contribution < -0.4 is 0 Å². The molecule has 0 aliphatic carbocycles. The molecule has 0 aliphatic heterocycles. The lowest BCUT2D eigenvalue weighted by molar-refractivity contribution is 0.204. The Bertz CT molecular complexity index is 1080. The van der Waals surface area contributed by atoms with Crippen molar-refractivity contribution in [2.45, 2.75) is 11.3 Å². The summed E-state index contributed by atoms with van der Waals surface area (Å²) >= 11 is 1.42. The molecule has 1 atom stereocenters. The molecular weight excluding hydrogens is 361 g/mol. The maximum Gasteiger partial charge on any atom is 0.191 e. The van der Waals surface area contributed by atoms with Gasteiger partial charge in [0.25, 0.3) is 0 Å². The topological polar surface area (TPSA) is 50.9 Å². The number of aliphatic hydroxyl groups is 1. The lowest BCUT2D eigenvalue weighted by atomic mass is 10.1. The fourth-order valence-electron chi connectivity index (χ4n) is 2.96. The molecule has 0 amide bonds. The number of fused-ring (bicyclic) bond motifs is 1. The molecule has 136 valence electrons. The molecule has 1 aromatic heterocycles. The molecule has 0 radical (unpaired) electrons. The van der Waals surface area contributed by atoms with E-state index in [1.54, 1.807) is 12.1 Å². The van der Waals surface area contributed by atoms with E-state index in [1.807, 2.05) is 29.8 Å². The fraction of sp³-hybridized carbons (Fsp3) is 0.143. The van der Waals surface area contributed by atoms with Gasteiger partial charge >= 0.3 is 0 Å². The van der Waals surface area contributed by atoms with E-state index in [-0.39, 0.29) is 5.82 Å². The van der Waals surface area contributed by atoms with Crippen molar-refractivity contribution in [2.75, 3.05) is 5.75 Å². The Labute approximate surface area is 160 Å². The van der Waals surface area contributed by atoms with Crippen LogP contribution in [0, 0.1) is 5.82 Å². The summed E-state index contributed by atoms with van der Waals surface area (Å²) in [5, 5.41) is 21.9. The van der Waals surface area contributed by atoms with E-state index >= 15 is 0 Å². The van der Waals surface area contributed by atoms with Gasteiger partial charge in [-0.25, -0.2) is 4.39 Å². The van der Waals surface area contributed by atoms with Crippen LogP contribution in [0.4, 0.5) is 4.39 Å². The standard InChI is InChI=1S/C21H18FN3OS/c1-25-20(17-7-6-14-4-2-3-5-16(14)12-17)23-24-21(25)27-13-19(26)15-8-10-18(22)11-9-15/h2-12,19,26H,13H2,1H3/t19-/m0/s1. The van der Waals surface area contributed by atoms with Gasteiger partial charge in [0.05, 0.1) is 6.10 Å². The van der Waals surface area contributed by atoms with Crippen molar-refractivity contribution in [3.63, 3.8) is 0 Å². The maximum absolute atomic E-state index is 13.0. The van der Waals surface area contributed by atoms with E-state index in [9.17, 15) is 9.50 Å². The Kier molecular flexibility index (Phi) is 4.92. The first-order chi connectivity index (χ1) is 13.1. The van der Waals surface area contributed by atoms with Gasteiger partial charge in [0.2, 0.25) is 0 Å². The monoisotopic (exact) mass is 379 g/mol. The number of aromatic nitrogens is 3. The van der Waals surface area contributed by atoms with Crippen molar-refractivity contribution in [1.82, 2.24) is 14.8 Å². The molecule has 1 heterocycles. The molecule has 0 spiro atoms. The van der Waals surface area contributed by atoms with Gasteiger partial charge in [0.1, 0.15) is 5.82 Å². The van der Waals surface area contributed by atoms with E-state index in [2.05, 4.69) is 34.5 Å². The van der Waals surface area contributed by atoms with Gasteiger partial charge in [0.15, 0.2) is 11.0 Å². The first-order valence-electron chi connectivity index (χ1n) is 8.57. The van der Waals surface area contributed by atoms with Crippen LogP contribution in [-0.2, 0) is 7.05 Å². The average molecular weight is 379 g/mol. The fourth-order valence-corrected chi connectivity index (χ4v) is 3.83. The molecule has 0 unspecified atom stereocenters. The number of benzene rings is 3. The van der Waals surface area contributed by atoms with Crippen LogP contribution in [0.25, 0.3) is 22.2 Å². The van der Waals surface area contributed by atoms with Crippen LogP contribution >= 0.6 is 11.8 Å². The second kappa shape index (κ2) is 7.50. The van der Waals surface area contributed by atoms with E-state index in [4.69, 9.17) is 0 Å². The molecule has 1 N–H and O–H groups in total. The lowest BCUT2D eigenvalue weighted by Crippen LogP contribution is -2.02. The van der Waals surface area contributed by atoms with E-state index in [1.165, 1.54) is 29.3 Å². The predicted octanol–water partition coefficient (Wildman–Crippen LogP) is 4.60. The first kappa shape index (κ1) is 17.7. The van der Waals surface area contributed by atoms with Crippen molar-refractivity contribution in [3.05, 3.63) is 78.1 Å². The number of thioether (sulfide) groups is 1. The van der Waals surface area contributed by atoms with E-state index in [0.29, 0.717) is 11.3 Å². The van der Waals surface area contributed by atoms with Crippen molar-refractivity contribution in [1.29, 1.82) is 0 Å². The molecule has 0 fully saturated rings. The summed E-state index contributed by atoms with van der Waals surface area (Å²) in [5.41, 5.74) is 1.68. The minimum atomic E-state index is -0.698. The summed E-state index contributed by atoms with van der Waals surface area (Å²) in [7, 11) is 1.91. The van der Waals surface area contributed by atoms with Gasteiger partial charge in [0, 0.05) is 18.4 Å². The quantitative estimate of drug-likeness (QED) is 0.515. The second-order valence-electron chi connectivity index (χ2n) is 6.31. The summed E-state index contributed by atoms with van der Waals surface area (Å²) in [6.45, 7) is 0. The van der Waals surface area contributed by atoms with Crippen LogP contribution in [0.2, 0.25) is 0 Å². The maximum atomic E-state index is 13.0. The van der Waals surface area contributed by atoms with Gasteiger partial charge in [-0.05, 0) is 34.5 Å². The summed E-state index contributed by atoms with van der Waals surface area (Å²) in [6.07, 6.45) is -0.698. The number of hydrogen-bond acceptors (Lipinski definition) is 4. The summed E-state index contributed by atoms with van der Waals surface area (Å²) in [5.74, 6) is 0.876. The Morgan fingerprint density at radius 2 is 1.74 bits per heavy atom. The van der Waals surface area contributed by atoms with Crippen molar-refractivity contribution >= 4 is 22.5 Å². The number of halogens is 1. The Balaban J connectivity index is 1.52.